The monoisotopic (exact) mass is 430 g/mol. The summed E-state index contributed by atoms with van der Waals surface area (Å²) in [5.74, 6) is 1.30. The number of benzene rings is 1. The van der Waals surface area contributed by atoms with Gasteiger partial charge >= 0.3 is 0 Å². The highest BCUT2D eigenvalue weighted by Crippen LogP contribution is 2.38. The van der Waals surface area contributed by atoms with Gasteiger partial charge in [0, 0.05) is 16.2 Å². The molecule has 0 saturated heterocycles. The van der Waals surface area contributed by atoms with Crippen molar-refractivity contribution in [2.75, 3.05) is 5.32 Å². The van der Waals surface area contributed by atoms with Crippen molar-refractivity contribution in [3.8, 4) is 0 Å². The molecule has 0 aliphatic heterocycles. The molecule has 4 N–H and O–H groups in total. The van der Waals surface area contributed by atoms with Crippen LogP contribution in [0, 0.1) is 11.8 Å². The number of allylic oxidation sites excluding steroid dienone is 1. The van der Waals surface area contributed by atoms with Gasteiger partial charge in [-0.3, -0.25) is 10.9 Å². The van der Waals surface area contributed by atoms with Crippen molar-refractivity contribution < 1.29 is 0 Å². The first-order chi connectivity index (χ1) is 11.0. The van der Waals surface area contributed by atoms with Gasteiger partial charge in [-0.15, -0.1) is 0 Å². The number of hydrazine groups is 1. The number of halogens is 2. The van der Waals surface area contributed by atoms with Crippen molar-refractivity contribution >= 4 is 67.9 Å². The van der Waals surface area contributed by atoms with E-state index in [1.165, 1.54) is 6.42 Å². The number of anilines is 1. The lowest BCUT2D eigenvalue weighted by molar-refractivity contribution is 0.518. The Morgan fingerprint density at radius 1 is 1.13 bits per heavy atom. The molecule has 3 rings (SSSR count). The number of hydrogen-bond donors (Lipinski definition) is 4. The molecule has 1 aromatic rings. The Bertz CT molecular complexity index is 667. The van der Waals surface area contributed by atoms with Crippen molar-refractivity contribution in [1.82, 2.24) is 16.2 Å². The zero-order valence-corrected chi connectivity index (χ0v) is 16.1. The Morgan fingerprint density at radius 2 is 1.91 bits per heavy atom. The van der Waals surface area contributed by atoms with Gasteiger partial charge in [0.15, 0.2) is 10.2 Å². The number of hydrogen-bond acceptors (Lipinski definition) is 2. The van der Waals surface area contributed by atoms with Gasteiger partial charge in [0.2, 0.25) is 0 Å². The van der Waals surface area contributed by atoms with Crippen LogP contribution in [-0.2, 0) is 0 Å². The highest BCUT2D eigenvalue weighted by molar-refractivity contribution is 9.10. The topological polar surface area (TPSA) is 48.1 Å². The zero-order valence-electron chi connectivity index (χ0n) is 12.1. The predicted molar refractivity (Wildman–Crippen MR) is 107 cm³/mol. The van der Waals surface area contributed by atoms with E-state index in [9.17, 15) is 0 Å². The first-order valence-electron chi connectivity index (χ1n) is 7.28. The van der Waals surface area contributed by atoms with E-state index in [2.05, 4.69) is 49.6 Å². The van der Waals surface area contributed by atoms with Crippen molar-refractivity contribution in [3.63, 3.8) is 0 Å². The summed E-state index contributed by atoms with van der Waals surface area (Å²) in [5, 5.41) is 7.96. The SMILES string of the molecule is S=C(NNC(=S)N[C@H]1C[C@@H]2C=C[C@H]1C2)Nc1ccc(Br)c(Cl)c1. The number of thiocarbonyl (C=S) groups is 2. The van der Waals surface area contributed by atoms with Gasteiger partial charge in [0.05, 0.1) is 5.02 Å². The van der Waals surface area contributed by atoms with Gasteiger partial charge in [-0.05, 0) is 83.2 Å². The molecule has 122 valence electrons. The molecule has 8 heteroatoms. The van der Waals surface area contributed by atoms with E-state index in [0.29, 0.717) is 33.1 Å². The fraction of sp³-hybridized carbons (Fsp3) is 0.333. The van der Waals surface area contributed by atoms with Crippen molar-refractivity contribution in [1.29, 1.82) is 0 Å². The minimum Gasteiger partial charge on any atom is -0.358 e. The van der Waals surface area contributed by atoms with Gasteiger partial charge in [-0.2, -0.15) is 0 Å². The second-order valence-electron chi connectivity index (χ2n) is 5.69. The quantitative estimate of drug-likeness (QED) is 0.325. The summed E-state index contributed by atoms with van der Waals surface area (Å²) in [6, 6.07) is 5.94. The van der Waals surface area contributed by atoms with Gasteiger partial charge in [-0.25, -0.2) is 0 Å². The van der Waals surface area contributed by atoms with Crippen LogP contribution in [-0.4, -0.2) is 16.3 Å². The molecular weight excluding hydrogens is 416 g/mol. The van der Waals surface area contributed by atoms with Crippen molar-refractivity contribution in [2.45, 2.75) is 18.9 Å². The van der Waals surface area contributed by atoms with Crippen LogP contribution in [0.15, 0.2) is 34.8 Å². The molecule has 2 aliphatic carbocycles. The average molecular weight is 432 g/mol. The van der Waals surface area contributed by atoms with Crippen molar-refractivity contribution in [3.05, 3.63) is 39.8 Å². The third kappa shape index (κ3) is 4.35. The Labute approximate surface area is 159 Å². The van der Waals surface area contributed by atoms with Crippen LogP contribution >= 0.6 is 52.0 Å². The van der Waals surface area contributed by atoms with Crippen LogP contribution in [0.3, 0.4) is 0 Å². The number of fused-ring (bicyclic) bond motifs is 2. The lowest BCUT2D eigenvalue weighted by Crippen LogP contribution is -2.51. The second-order valence-corrected chi connectivity index (χ2v) is 7.77. The van der Waals surface area contributed by atoms with E-state index >= 15 is 0 Å². The summed E-state index contributed by atoms with van der Waals surface area (Å²) >= 11 is 19.9. The molecule has 0 spiro atoms. The molecule has 0 amide bonds. The summed E-state index contributed by atoms with van der Waals surface area (Å²) in [5.41, 5.74) is 6.59. The Balaban J connectivity index is 1.42. The van der Waals surface area contributed by atoms with Crippen LogP contribution in [0.5, 0.6) is 0 Å². The molecule has 4 nitrogen and oxygen atoms in total. The molecule has 1 saturated carbocycles. The summed E-state index contributed by atoms with van der Waals surface area (Å²) in [4.78, 5) is 0. The molecular formula is C15H16BrClN4S2. The molecule has 1 aromatic carbocycles. The average Bonchev–Trinajstić information content (AvgIpc) is 3.12. The maximum atomic E-state index is 6.05. The molecule has 0 aromatic heterocycles. The van der Waals surface area contributed by atoms with Gasteiger partial charge in [-0.1, -0.05) is 23.8 Å². The maximum Gasteiger partial charge on any atom is 0.189 e. The molecule has 0 heterocycles. The van der Waals surface area contributed by atoms with Crippen molar-refractivity contribution in [2.24, 2.45) is 11.8 Å². The Morgan fingerprint density at radius 3 is 2.57 bits per heavy atom. The van der Waals surface area contributed by atoms with E-state index in [-0.39, 0.29) is 0 Å². The predicted octanol–water partition coefficient (Wildman–Crippen LogP) is 3.73. The largest absolute Gasteiger partial charge is 0.358 e. The molecule has 2 bridgehead atoms. The molecule has 0 unspecified atom stereocenters. The normalized spacial score (nSPS) is 24.3. The maximum absolute atomic E-state index is 6.05. The minimum atomic E-state index is 0.415. The smallest absolute Gasteiger partial charge is 0.189 e. The second kappa shape index (κ2) is 7.34. The molecule has 3 atom stereocenters. The zero-order chi connectivity index (χ0) is 16.4. The highest BCUT2D eigenvalue weighted by Gasteiger charge is 2.35. The third-order valence-corrected chi connectivity index (χ3v) is 5.72. The van der Waals surface area contributed by atoms with E-state index in [4.69, 9.17) is 36.0 Å². The number of rotatable bonds is 2. The van der Waals surface area contributed by atoms with Crippen LogP contribution in [0.25, 0.3) is 0 Å². The first-order valence-corrected chi connectivity index (χ1v) is 9.27. The lowest BCUT2D eigenvalue weighted by atomic mass is 10.0. The molecule has 2 aliphatic rings. The van der Waals surface area contributed by atoms with Crippen LogP contribution in [0.4, 0.5) is 5.69 Å². The van der Waals surface area contributed by atoms with E-state index < -0.39 is 0 Å². The minimum absolute atomic E-state index is 0.415. The Hall–Kier alpha value is -0.890. The van der Waals surface area contributed by atoms with E-state index in [1.807, 2.05) is 12.1 Å². The Kier molecular flexibility index (Phi) is 5.41. The van der Waals surface area contributed by atoms with Gasteiger partial charge < -0.3 is 10.6 Å². The van der Waals surface area contributed by atoms with E-state index in [1.54, 1.807) is 6.07 Å². The van der Waals surface area contributed by atoms with Gasteiger partial charge in [0.25, 0.3) is 0 Å². The van der Waals surface area contributed by atoms with Gasteiger partial charge in [0.1, 0.15) is 0 Å². The van der Waals surface area contributed by atoms with E-state index in [0.717, 1.165) is 16.6 Å². The van der Waals surface area contributed by atoms with Crippen LogP contribution < -0.4 is 21.5 Å². The number of nitrogens with one attached hydrogen (secondary N) is 4. The summed E-state index contributed by atoms with van der Waals surface area (Å²) < 4.78 is 0.840. The first kappa shape index (κ1) is 17.0. The lowest BCUT2D eigenvalue weighted by Gasteiger charge is -2.22. The fourth-order valence-corrected chi connectivity index (χ4v) is 3.80. The summed E-state index contributed by atoms with van der Waals surface area (Å²) in [6.45, 7) is 0. The van der Waals surface area contributed by atoms with Crippen LogP contribution in [0.1, 0.15) is 12.8 Å². The molecule has 1 fully saturated rings. The fourth-order valence-electron chi connectivity index (χ4n) is 3.00. The molecule has 0 radical (unpaired) electrons. The summed E-state index contributed by atoms with van der Waals surface area (Å²) in [6.07, 6.45) is 6.96. The molecule has 23 heavy (non-hydrogen) atoms. The highest BCUT2D eigenvalue weighted by atomic mass is 79.9. The summed E-state index contributed by atoms with van der Waals surface area (Å²) in [7, 11) is 0. The van der Waals surface area contributed by atoms with Crippen LogP contribution in [0.2, 0.25) is 5.02 Å². The standard InChI is InChI=1S/C15H16BrClN4S2/c16-11-4-3-10(7-12(11)17)18-14(22)20-21-15(23)19-13-6-8-1-2-9(13)5-8/h1-4,7-9,13H,5-6H2,(H2,18,20,22)(H2,19,21,23)/t8-,9+,13+/m1/s1. The third-order valence-electron chi connectivity index (χ3n) is 4.06.